The number of carbonyl (C=O) groups excluding carboxylic acids is 1. The maximum absolute atomic E-state index is 12.5. The summed E-state index contributed by atoms with van der Waals surface area (Å²) in [6.45, 7) is 7.22. The molecule has 2 rings (SSSR count). The average Bonchev–Trinajstić information content (AvgIpc) is 2.84. The molecule has 0 aliphatic heterocycles. The van der Waals surface area contributed by atoms with Crippen molar-refractivity contribution in [3.8, 4) is 0 Å². The van der Waals surface area contributed by atoms with Crippen molar-refractivity contribution >= 4 is 5.91 Å². The van der Waals surface area contributed by atoms with Gasteiger partial charge in [-0.25, -0.2) is 0 Å². The lowest BCUT2D eigenvalue weighted by molar-refractivity contribution is -0.131. The van der Waals surface area contributed by atoms with Crippen molar-refractivity contribution in [3.63, 3.8) is 0 Å². The molecule has 3 heteroatoms. The van der Waals surface area contributed by atoms with E-state index >= 15 is 0 Å². The van der Waals surface area contributed by atoms with Crippen LogP contribution in [0.1, 0.15) is 50.7 Å². The fourth-order valence-corrected chi connectivity index (χ4v) is 3.48. The van der Waals surface area contributed by atoms with Gasteiger partial charge in [0, 0.05) is 31.5 Å². The summed E-state index contributed by atoms with van der Waals surface area (Å²) in [5.74, 6) is 0.597. The lowest BCUT2D eigenvalue weighted by Gasteiger charge is -2.32. The van der Waals surface area contributed by atoms with Gasteiger partial charge in [0.25, 0.3) is 0 Å². The summed E-state index contributed by atoms with van der Waals surface area (Å²) in [5.41, 5.74) is 8.58. The summed E-state index contributed by atoms with van der Waals surface area (Å²) < 4.78 is 0. The Morgan fingerprint density at radius 1 is 1.27 bits per heavy atom. The van der Waals surface area contributed by atoms with Gasteiger partial charge >= 0.3 is 0 Å². The third kappa shape index (κ3) is 4.10. The van der Waals surface area contributed by atoms with Crippen molar-refractivity contribution in [2.75, 3.05) is 13.6 Å². The molecule has 0 unspecified atom stereocenters. The van der Waals surface area contributed by atoms with E-state index in [-0.39, 0.29) is 17.4 Å². The van der Waals surface area contributed by atoms with Crippen molar-refractivity contribution in [2.24, 2.45) is 11.7 Å². The van der Waals surface area contributed by atoms with E-state index in [0.29, 0.717) is 12.3 Å². The fourth-order valence-electron chi connectivity index (χ4n) is 3.48. The molecular weight excluding hydrogens is 272 g/mol. The van der Waals surface area contributed by atoms with Gasteiger partial charge in [0.1, 0.15) is 0 Å². The summed E-state index contributed by atoms with van der Waals surface area (Å²) in [7, 11) is 1.92. The summed E-state index contributed by atoms with van der Waals surface area (Å²) in [6, 6.07) is 8.82. The molecule has 2 N–H and O–H groups in total. The number of carbonyl (C=O) groups is 1. The number of amides is 1. The first-order chi connectivity index (χ1) is 10.3. The number of aryl methyl sites for hydroxylation is 1. The van der Waals surface area contributed by atoms with Crippen LogP contribution in [0, 0.1) is 12.8 Å². The Kier molecular flexibility index (Phi) is 5.28. The Balaban J connectivity index is 1.95. The molecule has 2 atom stereocenters. The molecule has 0 saturated heterocycles. The smallest absolute Gasteiger partial charge is 0.222 e. The molecule has 1 aromatic carbocycles. The van der Waals surface area contributed by atoms with Crippen LogP contribution in [0.25, 0.3) is 0 Å². The van der Waals surface area contributed by atoms with E-state index < -0.39 is 0 Å². The van der Waals surface area contributed by atoms with Crippen molar-refractivity contribution in [1.29, 1.82) is 0 Å². The molecule has 1 saturated carbocycles. The van der Waals surface area contributed by atoms with Gasteiger partial charge in [-0.1, -0.05) is 50.1 Å². The van der Waals surface area contributed by atoms with Gasteiger partial charge in [0.05, 0.1) is 0 Å². The molecule has 1 amide bonds. The van der Waals surface area contributed by atoms with E-state index in [0.717, 1.165) is 25.8 Å². The van der Waals surface area contributed by atoms with Crippen LogP contribution in [-0.4, -0.2) is 30.4 Å². The van der Waals surface area contributed by atoms with Crippen molar-refractivity contribution in [1.82, 2.24) is 4.90 Å². The quantitative estimate of drug-likeness (QED) is 0.907. The second kappa shape index (κ2) is 6.82. The minimum Gasteiger partial charge on any atom is -0.345 e. The molecule has 0 radical (unpaired) electrons. The highest BCUT2D eigenvalue weighted by molar-refractivity contribution is 5.76. The van der Waals surface area contributed by atoms with Crippen LogP contribution >= 0.6 is 0 Å². The minimum absolute atomic E-state index is 0.0457. The van der Waals surface area contributed by atoms with Gasteiger partial charge < -0.3 is 10.6 Å². The Labute approximate surface area is 134 Å². The van der Waals surface area contributed by atoms with Crippen molar-refractivity contribution in [3.05, 3.63) is 35.4 Å². The zero-order valence-electron chi connectivity index (χ0n) is 14.4. The summed E-state index contributed by atoms with van der Waals surface area (Å²) in [5, 5.41) is 0. The van der Waals surface area contributed by atoms with Crippen LogP contribution in [0.5, 0.6) is 0 Å². The van der Waals surface area contributed by atoms with Crippen LogP contribution in [-0.2, 0) is 10.2 Å². The van der Waals surface area contributed by atoms with Crippen molar-refractivity contribution < 1.29 is 4.79 Å². The van der Waals surface area contributed by atoms with E-state index in [1.54, 1.807) is 0 Å². The first-order valence-corrected chi connectivity index (χ1v) is 8.36. The SMILES string of the molecule is Cc1ccc(C(C)(C)CN(C)C(=O)C[C@@H]2CCC[C@H]2N)cc1. The molecule has 1 aliphatic rings. The minimum atomic E-state index is -0.0457. The number of hydrogen-bond donors (Lipinski definition) is 1. The van der Waals surface area contributed by atoms with Gasteiger partial charge in [-0.3, -0.25) is 4.79 Å². The summed E-state index contributed by atoms with van der Waals surface area (Å²) >= 11 is 0. The Bertz CT molecular complexity index is 507. The van der Waals surface area contributed by atoms with E-state index in [9.17, 15) is 4.79 Å². The highest BCUT2D eigenvalue weighted by atomic mass is 16.2. The molecule has 0 spiro atoms. The Morgan fingerprint density at radius 3 is 2.45 bits per heavy atom. The van der Waals surface area contributed by atoms with E-state index in [4.69, 9.17) is 5.73 Å². The largest absolute Gasteiger partial charge is 0.345 e. The van der Waals surface area contributed by atoms with Crippen molar-refractivity contribution in [2.45, 2.75) is 57.9 Å². The van der Waals surface area contributed by atoms with Crippen LogP contribution in [0.15, 0.2) is 24.3 Å². The lowest BCUT2D eigenvalue weighted by Crippen LogP contribution is -2.40. The van der Waals surface area contributed by atoms with Gasteiger partial charge in [0.15, 0.2) is 0 Å². The molecule has 122 valence electrons. The molecule has 1 fully saturated rings. The second-order valence-electron chi connectivity index (χ2n) is 7.56. The van der Waals surface area contributed by atoms with Gasteiger partial charge in [0.2, 0.25) is 5.91 Å². The van der Waals surface area contributed by atoms with Crippen LogP contribution in [0.2, 0.25) is 0 Å². The standard InChI is InChI=1S/C19H30N2O/c1-14-8-10-16(11-9-14)19(2,3)13-21(4)18(22)12-15-6-5-7-17(15)20/h8-11,15,17H,5-7,12-13,20H2,1-4H3/t15-,17+/m0/s1. The summed E-state index contributed by atoms with van der Waals surface area (Å²) in [6.07, 6.45) is 3.93. The second-order valence-corrected chi connectivity index (χ2v) is 7.56. The molecule has 3 nitrogen and oxygen atoms in total. The van der Waals surface area contributed by atoms with E-state index in [1.165, 1.54) is 11.1 Å². The maximum atomic E-state index is 12.5. The number of likely N-dealkylation sites (N-methyl/N-ethyl adjacent to an activating group) is 1. The highest BCUT2D eigenvalue weighted by Gasteiger charge is 2.29. The number of benzene rings is 1. The third-order valence-electron chi connectivity index (χ3n) is 5.05. The monoisotopic (exact) mass is 302 g/mol. The highest BCUT2D eigenvalue weighted by Crippen LogP contribution is 2.28. The Hall–Kier alpha value is -1.35. The molecular formula is C19H30N2O. The van der Waals surface area contributed by atoms with Crippen LogP contribution in [0.3, 0.4) is 0 Å². The molecule has 0 bridgehead atoms. The maximum Gasteiger partial charge on any atom is 0.222 e. The molecule has 0 heterocycles. The van der Waals surface area contributed by atoms with E-state index in [2.05, 4.69) is 45.0 Å². The van der Waals surface area contributed by atoms with Crippen LogP contribution in [0.4, 0.5) is 0 Å². The first kappa shape index (κ1) is 17.0. The number of nitrogens with two attached hydrogens (primary N) is 1. The Morgan fingerprint density at radius 2 is 1.91 bits per heavy atom. The van der Waals surface area contributed by atoms with Gasteiger partial charge in [-0.2, -0.15) is 0 Å². The predicted molar refractivity (Wildman–Crippen MR) is 91.8 cm³/mol. The first-order valence-electron chi connectivity index (χ1n) is 8.36. The lowest BCUT2D eigenvalue weighted by atomic mass is 9.83. The zero-order valence-corrected chi connectivity index (χ0v) is 14.4. The van der Waals surface area contributed by atoms with Gasteiger partial charge in [-0.15, -0.1) is 0 Å². The predicted octanol–water partition coefficient (Wildman–Crippen LogP) is 3.25. The molecule has 0 aromatic heterocycles. The molecule has 1 aromatic rings. The topological polar surface area (TPSA) is 46.3 Å². The normalized spacial score (nSPS) is 21.9. The van der Waals surface area contributed by atoms with Crippen LogP contribution < -0.4 is 5.73 Å². The molecule has 22 heavy (non-hydrogen) atoms. The number of rotatable bonds is 5. The average molecular weight is 302 g/mol. The third-order valence-corrected chi connectivity index (χ3v) is 5.05. The number of hydrogen-bond acceptors (Lipinski definition) is 2. The number of nitrogens with zero attached hydrogens (tertiary/aromatic N) is 1. The van der Waals surface area contributed by atoms with E-state index in [1.807, 2.05) is 11.9 Å². The van der Waals surface area contributed by atoms with Gasteiger partial charge in [-0.05, 0) is 31.2 Å². The fraction of sp³-hybridized carbons (Fsp3) is 0.632. The zero-order chi connectivity index (χ0) is 16.3. The molecule has 1 aliphatic carbocycles. The summed E-state index contributed by atoms with van der Waals surface area (Å²) in [4.78, 5) is 14.4.